The number of nitrogens with one attached hydrogen (secondary N) is 1. The molecule has 0 unspecified atom stereocenters. The number of benzene rings is 1. The number of amides is 1. The van der Waals surface area contributed by atoms with E-state index in [1.54, 1.807) is 24.3 Å². The van der Waals surface area contributed by atoms with Crippen LogP contribution in [0, 0.1) is 10.1 Å². The van der Waals surface area contributed by atoms with E-state index in [1.807, 2.05) is 6.92 Å². The molecule has 2 aromatic rings. The maximum absolute atomic E-state index is 11.8. The van der Waals surface area contributed by atoms with Crippen LogP contribution < -0.4 is 10.1 Å². The lowest BCUT2D eigenvalue weighted by molar-refractivity contribution is -0.389. The highest BCUT2D eigenvalue weighted by Crippen LogP contribution is 2.15. The minimum Gasteiger partial charge on any atom is -0.494 e. The van der Waals surface area contributed by atoms with E-state index in [-0.39, 0.29) is 18.3 Å². The summed E-state index contributed by atoms with van der Waals surface area (Å²) in [7, 11) is 0. The van der Waals surface area contributed by atoms with E-state index in [0.29, 0.717) is 12.3 Å². The zero-order chi connectivity index (χ0) is 15.2. The predicted molar refractivity (Wildman–Crippen MR) is 75.1 cm³/mol. The molecule has 8 heteroatoms. The second kappa shape index (κ2) is 6.51. The van der Waals surface area contributed by atoms with E-state index in [9.17, 15) is 14.9 Å². The average molecular weight is 290 g/mol. The van der Waals surface area contributed by atoms with Crippen molar-refractivity contribution in [3.63, 3.8) is 0 Å². The Balaban J connectivity index is 1.92. The van der Waals surface area contributed by atoms with Crippen molar-refractivity contribution in [3.05, 3.63) is 46.6 Å². The molecule has 1 N–H and O–H groups in total. The SMILES string of the molecule is CCOc1ccc(NC(=O)Cn2ccc([N+](=O)[O-])n2)cc1. The molecule has 1 amide bonds. The van der Waals surface area contributed by atoms with Gasteiger partial charge in [0, 0.05) is 5.69 Å². The van der Waals surface area contributed by atoms with Gasteiger partial charge >= 0.3 is 5.82 Å². The van der Waals surface area contributed by atoms with Gasteiger partial charge in [-0.1, -0.05) is 0 Å². The lowest BCUT2D eigenvalue weighted by atomic mass is 10.3. The van der Waals surface area contributed by atoms with E-state index >= 15 is 0 Å². The van der Waals surface area contributed by atoms with Gasteiger partial charge in [0.15, 0.2) is 0 Å². The van der Waals surface area contributed by atoms with Gasteiger partial charge in [-0.15, -0.1) is 0 Å². The Labute approximate surface area is 120 Å². The number of anilines is 1. The Hall–Kier alpha value is -2.90. The molecule has 0 aliphatic heterocycles. The summed E-state index contributed by atoms with van der Waals surface area (Å²) in [5, 5.41) is 16.8. The number of aromatic nitrogens is 2. The third kappa shape index (κ3) is 4.03. The van der Waals surface area contributed by atoms with Crippen molar-refractivity contribution in [3.8, 4) is 5.75 Å². The average Bonchev–Trinajstić information content (AvgIpc) is 2.90. The van der Waals surface area contributed by atoms with Crippen molar-refractivity contribution in [1.29, 1.82) is 0 Å². The van der Waals surface area contributed by atoms with Gasteiger partial charge < -0.3 is 20.2 Å². The maximum Gasteiger partial charge on any atom is 0.389 e. The Morgan fingerprint density at radius 3 is 2.67 bits per heavy atom. The van der Waals surface area contributed by atoms with Crippen LogP contribution in [0.4, 0.5) is 11.5 Å². The molecule has 1 heterocycles. The smallest absolute Gasteiger partial charge is 0.389 e. The van der Waals surface area contributed by atoms with Gasteiger partial charge in [-0.3, -0.25) is 4.79 Å². The summed E-state index contributed by atoms with van der Waals surface area (Å²) in [5.74, 6) is 0.110. The van der Waals surface area contributed by atoms with Crippen LogP contribution in [-0.4, -0.2) is 27.2 Å². The van der Waals surface area contributed by atoms with Gasteiger partial charge in [0.2, 0.25) is 5.91 Å². The van der Waals surface area contributed by atoms with Gasteiger partial charge in [-0.2, -0.15) is 4.68 Å². The van der Waals surface area contributed by atoms with E-state index < -0.39 is 4.92 Å². The van der Waals surface area contributed by atoms with Gasteiger partial charge in [0.05, 0.1) is 24.0 Å². The predicted octanol–water partition coefficient (Wildman–Crippen LogP) is 1.83. The van der Waals surface area contributed by atoms with Crippen LogP contribution in [0.5, 0.6) is 5.75 Å². The minimum absolute atomic E-state index is 0.0962. The number of hydrogen-bond acceptors (Lipinski definition) is 5. The highest BCUT2D eigenvalue weighted by Gasteiger charge is 2.13. The molecule has 1 aromatic carbocycles. The topological polar surface area (TPSA) is 99.3 Å². The second-order valence-electron chi connectivity index (χ2n) is 4.13. The molecule has 0 aliphatic carbocycles. The molecule has 110 valence electrons. The zero-order valence-electron chi connectivity index (χ0n) is 11.4. The number of ether oxygens (including phenoxy) is 1. The summed E-state index contributed by atoms with van der Waals surface area (Å²) < 4.78 is 6.51. The van der Waals surface area contributed by atoms with Crippen LogP contribution >= 0.6 is 0 Å². The number of nitro groups is 1. The fourth-order valence-corrected chi connectivity index (χ4v) is 1.69. The van der Waals surface area contributed by atoms with Crippen LogP contribution in [0.2, 0.25) is 0 Å². The third-order valence-corrected chi connectivity index (χ3v) is 2.57. The van der Waals surface area contributed by atoms with E-state index in [2.05, 4.69) is 10.4 Å². The fraction of sp³-hybridized carbons (Fsp3) is 0.231. The summed E-state index contributed by atoms with van der Waals surface area (Å²) >= 11 is 0. The molecule has 0 atom stereocenters. The largest absolute Gasteiger partial charge is 0.494 e. The molecule has 0 radical (unpaired) electrons. The molecule has 0 saturated carbocycles. The van der Waals surface area contributed by atoms with Gasteiger partial charge in [0.1, 0.15) is 12.3 Å². The van der Waals surface area contributed by atoms with Crippen LogP contribution in [-0.2, 0) is 11.3 Å². The fourth-order valence-electron chi connectivity index (χ4n) is 1.69. The van der Waals surface area contributed by atoms with Gasteiger partial charge in [-0.25, -0.2) is 0 Å². The molecular formula is C13H14N4O4. The van der Waals surface area contributed by atoms with Crippen LogP contribution in [0.3, 0.4) is 0 Å². The summed E-state index contributed by atoms with van der Waals surface area (Å²) in [6, 6.07) is 8.17. The van der Waals surface area contributed by atoms with Gasteiger partial charge in [-0.05, 0) is 36.1 Å². The van der Waals surface area contributed by atoms with Crippen LogP contribution in [0.25, 0.3) is 0 Å². The summed E-state index contributed by atoms with van der Waals surface area (Å²) in [6.07, 6.45) is 1.38. The molecule has 21 heavy (non-hydrogen) atoms. The molecule has 2 rings (SSSR count). The first kappa shape index (κ1) is 14.5. The second-order valence-corrected chi connectivity index (χ2v) is 4.13. The molecule has 0 fully saturated rings. The van der Waals surface area contributed by atoms with Crippen molar-refractivity contribution in [1.82, 2.24) is 9.78 Å². The van der Waals surface area contributed by atoms with Crippen molar-refractivity contribution in [2.45, 2.75) is 13.5 Å². The molecule has 0 spiro atoms. The third-order valence-electron chi connectivity index (χ3n) is 2.57. The van der Waals surface area contributed by atoms with Gasteiger partial charge in [0.25, 0.3) is 0 Å². The van der Waals surface area contributed by atoms with Crippen molar-refractivity contribution < 1.29 is 14.5 Å². The maximum atomic E-state index is 11.8. The van der Waals surface area contributed by atoms with Crippen LogP contribution in [0.1, 0.15) is 6.92 Å². The highest BCUT2D eigenvalue weighted by atomic mass is 16.6. The molecule has 0 aliphatic rings. The van der Waals surface area contributed by atoms with Crippen LogP contribution in [0.15, 0.2) is 36.5 Å². The molecule has 8 nitrogen and oxygen atoms in total. The summed E-state index contributed by atoms with van der Waals surface area (Å²) in [4.78, 5) is 21.7. The lowest BCUT2D eigenvalue weighted by Crippen LogP contribution is -2.19. The Kier molecular flexibility index (Phi) is 4.50. The highest BCUT2D eigenvalue weighted by molar-refractivity contribution is 5.90. The lowest BCUT2D eigenvalue weighted by Gasteiger charge is -2.06. The minimum atomic E-state index is -0.610. The first-order valence-electron chi connectivity index (χ1n) is 6.29. The number of rotatable bonds is 6. The number of hydrogen-bond donors (Lipinski definition) is 1. The summed E-state index contributed by atoms with van der Waals surface area (Å²) in [5.41, 5.74) is 0.616. The van der Waals surface area contributed by atoms with E-state index in [1.165, 1.54) is 16.9 Å². The normalized spacial score (nSPS) is 10.1. The molecule has 0 bridgehead atoms. The quantitative estimate of drug-likeness (QED) is 0.646. The standard InChI is InChI=1S/C13H14N4O4/c1-2-21-11-5-3-10(4-6-11)14-13(18)9-16-8-7-12(15-16)17(19)20/h3-8H,2,9H2,1H3,(H,14,18). The van der Waals surface area contributed by atoms with E-state index in [0.717, 1.165) is 5.75 Å². The monoisotopic (exact) mass is 290 g/mol. The number of carbonyl (C=O) groups is 1. The first-order chi connectivity index (χ1) is 10.1. The number of nitrogens with zero attached hydrogens (tertiary/aromatic N) is 3. The Bertz CT molecular complexity index is 636. The van der Waals surface area contributed by atoms with Crippen molar-refractivity contribution >= 4 is 17.4 Å². The van der Waals surface area contributed by atoms with Crippen molar-refractivity contribution in [2.75, 3.05) is 11.9 Å². The van der Waals surface area contributed by atoms with E-state index in [4.69, 9.17) is 4.74 Å². The zero-order valence-corrected chi connectivity index (χ0v) is 11.4. The molecule has 0 saturated heterocycles. The molecule has 1 aromatic heterocycles. The summed E-state index contributed by atoms with van der Waals surface area (Å²) in [6.45, 7) is 2.36. The first-order valence-corrected chi connectivity index (χ1v) is 6.29. The number of carbonyl (C=O) groups excluding carboxylic acids is 1. The van der Waals surface area contributed by atoms with Crippen molar-refractivity contribution in [2.24, 2.45) is 0 Å². The Morgan fingerprint density at radius 1 is 1.38 bits per heavy atom. The molecular weight excluding hydrogens is 276 g/mol. The Morgan fingerprint density at radius 2 is 2.10 bits per heavy atom.